The van der Waals surface area contributed by atoms with Crippen molar-refractivity contribution in [2.75, 3.05) is 6.54 Å². The number of carbonyl (C=O) groups excluding carboxylic acids is 1. The first-order valence-corrected chi connectivity index (χ1v) is 9.02. The number of fused-ring (bicyclic) bond motifs is 1. The highest BCUT2D eigenvalue weighted by molar-refractivity contribution is 7.13. The first kappa shape index (κ1) is 16.3. The second-order valence-electron chi connectivity index (χ2n) is 5.79. The van der Waals surface area contributed by atoms with E-state index in [1.807, 2.05) is 29.0 Å². The maximum atomic E-state index is 12.3. The number of nitrogens with zero attached hydrogens (tertiary/aromatic N) is 5. The smallest absolute Gasteiger partial charge is 0.252 e. The third kappa shape index (κ3) is 3.45. The van der Waals surface area contributed by atoms with Gasteiger partial charge >= 0.3 is 0 Å². The number of hydrogen-bond donors (Lipinski definition) is 1. The number of pyridine rings is 1. The van der Waals surface area contributed by atoms with E-state index >= 15 is 0 Å². The van der Waals surface area contributed by atoms with Crippen molar-refractivity contribution in [3.8, 4) is 10.8 Å². The topological polar surface area (TPSA) is 85.1 Å². The molecule has 0 radical (unpaired) electrons. The highest BCUT2D eigenvalue weighted by Gasteiger charge is 2.09. The lowest BCUT2D eigenvalue weighted by Gasteiger charge is -2.04. The Morgan fingerprint density at radius 3 is 2.88 bits per heavy atom. The van der Waals surface area contributed by atoms with Gasteiger partial charge in [-0.15, -0.1) is 11.3 Å². The molecule has 0 saturated carbocycles. The van der Waals surface area contributed by atoms with Crippen LogP contribution < -0.4 is 5.32 Å². The van der Waals surface area contributed by atoms with Crippen molar-refractivity contribution in [1.29, 1.82) is 0 Å². The number of carbonyl (C=O) groups is 1. The summed E-state index contributed by atoms with van der Waals surface area (Å²) in [6, 6.07) is 5.40. The quantitative estimate of drug-likeness (QED) is 0.588. The van der Waals surface area contributed by atoms with Crippen LogP contribution in [-0.2, 0) is 6.42 Å². The fourth-order valence-electron chi connectivity index (χ4n) is 2.59. The van der Waals surface area contributed by atoms with Gasteiger partial charge in [0.25, 0.3) is 5.91 Å². The lowest BCUT2D eigenvalue weighted by atomic mass is 10.2. The molecule has 4 aromatic heterocycles. The van der Waals surface area contributed by atoms with Crippen LogP contribution >= 0.6 is 11.3 Å². The number of aryl methyl sites for hydroxylation is 1. The SMILES string of the molecule is Cc1cn2cc(C(=O)NCCc3csc(-c4ncccn4)n3)ccc2n1. The van der Waals surface area contributed by atoms with Crippen molar-refractivity contribution in [2.24, 2.45) is 0 Å². The number of thiazole rings is 1. The number of rotatable bonds is 5. The molecule has 0 aliphatic rings. The normalized spacial score (nSPS) is 11.0. The van der Waals surface area contributed by atoms with E-state index in [9.17, 15) is 4.79 Å². The highest BCUT2D eigenvalue weighted by Crippen LogP contribution is 2.19. The van der Waals surface area contributed by atoms with Crippen molar-refractivity contribution in [2.45, 2.75) is 13.3 Å². The third-order valence-corrected chi connectivity index (χ3v) is 4.70. The maximum Gasteiger partial charge on any atom is 0.252 e. The molecule has 0 aromatic carbocycles. The Kier molecular flexibility index (Phi) is 4.40. The molecule has 4 rings (SSSR count). The van der Waals surface area contributed by atoms with Crippen LogP contribution in [0.15, 0.2) is 48.4 Å². The van der Waals surface area contributed by atoms with Crippen molar-refractivity contribution in [1.82, 2.24) is 29.7 Å². The molecule has 0 fully saturated rings. The van der Waals surface area contributed by atoms with Gasteiger partial charge in [0.15, 0.2) is 10.8 Å². The molecule has 1 amide bonds. The Labute approximate surface area is 153 Å². The van der Waals surface area contributed by atoms with Crippen molar-refractivity contribution >= 4 is 22.9 Å². The van der Waals surface area contributed by atoms with E-state index in [2.05, 4.69) is 25.3 Å². The largest absolute Gasteiger partial charge is 0.352 e. The number of hydrogen-bond acceptors (Lipinski definition) is 6. The standard InChI is InChI=1S/C18H16N6OS/c1-12-9-24-10-13(3-4-15(24)22-12)17(25)21-8-5-14-11-26-18(23-14)16-19-6-2-7-20-16/h2-4,6-7,9-11H,5,8H2,1H3,(H,21,25). The molecule has 26 heavy (non-hydrogen) atoms. The van der Waals surface area contributed by atoms with Gasteiger partial charge in [0.1, 0.15) is 5.65 Å². The summed E-state index contributed by atoms with van der Waals surface area (Å²) >= 11 is 1.50. The first-order valence-electron chi connectivity index (χ1n) is 8.14. The van der Waals surface area contributed by atoms with Crippen LogP contribution in [0.2, 0.25) is 0 Å². The summed E-state index contributed by atoms with van der Waals surface area (Å²) in [5.74, 6) is 0.511. The zero-order chi connectivity index (χ0) is 17.9. The van der Waals surface area contributed by atoms with Gasteiger partial charge in [-0.05, 0) is 25.1 Å². The minimum Gasteiger partial charge on any atom is -0.352 e. The zero-order valence-electron chi connectivity index (χ0n) is 14.1. The average molecular weight is 364 g/mol. The van der Waals surface area contributed by atoms with Crippen LogP contribution in [0.4, 0.5) is 0 Å². The van der Waals surface area contributed by atoms with Crippen LogP contribution in [0.5, 0.6) is 0 Å². The zero-order valence-corrected chi connectivity index (χ0v) is 14.9. The number of imidazole rings is 1. The van der Waals surface area contributed by atoms with Crippen LogP contribution in [-0.4, -0.2) is 36.8 Å². The van der Waals surface area contributed by atoms with Gasteiger partial charge in [-0.25, -0.2) is 19.9 Å². The second-order valence-corrected chi connectivity index (χ2v) is 6.65. The molecule has 0 unspecified atom stereocenters. The van der Waals surface area contributed by atoms with Gasteiger partial charge in [0, 0.05) is 43.1 Å². The van der Waals surface area contributed by atoms with E-state index in [-0.39, 0.29) is 5.91 Å². The molecule has 4 heterocycles. The predicted octanol–water partition coefficient (Wildman–Crippen LogP) is 2.53. The average Bonchev–Trinajstić information content (AvgIpc) is 3.27. The van der Waals surface area contributed by atoms with E-state index in [1.165, 1.54) is 11.3 Å². The maximum absolute atomic E-state index is 12.3. The monoisotopic (exact) mass is 364 g/mol. The van der Waals surface area contributed by atoms with E-state index in [0.29, 0.717) is 24.4 Å². The van der Waals surface area contributed by atoms with Crippen LogP contribution in [0, 0.1) is 6.92 Å². The molecule has 1 N–H and O–H groups in total. The van der Waals surface area contributed by atoms with E-state index < -0.39 is 0 Å². The minimum absolute atomic E-state index is 0.111. The Morgan fingerprint density at radius 1 is 1.19 bits per heavy atom. The van der Waals surface area contributed by atoms with Gasteiger partial charge in [-0.2, -0.15) is 0 Å². The second kappa shape index (κ2) is 7.01. The summed E-state index contributed by atoms with van der Waals surface area (Å²) in [5, 5.41) is 5.68. The Hall–Kier alpha value is -3.13. The highest BCUT2D eigenvalue weighted by atomic mass is 32.1. The molecular weight excluding hydrogens is 348 g/mol. The van der Waals surface area contributed by atoms with Crippen LogP contribution in [0.3, 0.4) is 0 Å². The molecule has 0 saturated heterocycles. The summed E-state index contributed by atoms with van der Waals surface area (Å²) < 4.78 is 1.86. The van der Waals surface area contributed by atoms with Crippen LogP contribution in [0.25, 0.3) is 16.5 Å². The number of amides is 1. The summed E-state index contributed by atoms with van der Waals surface area (Å²) in [5.41, 5.74) is 3.27. The van der Waals surface area contributed by atoms with E-state index in [4.69, 9.17) is 0 Å². The van der Waals surface area contributed by atoms with E-state index in [1.54, 1.807) is 30.7 Å². The minimum atomic E-state index is -0.111. The van der Waals surface area contributed by atoms with Crippen LogP contribution in [0.1, 0.15) is 21.7 Å². The summed E-state index contributed by atoms with van der Waals surface area (Å²) in [6.45, 7) is 2.44. The Bertz CT molecular complexity index is 1060. The number of aromatic nitrogens is 5. The fourth-order valence-corrected chi connectivity index (χ4v) is 3.39. The van der Waals surface area contributed by atoms with Gasteiger partial charge in [0.2, 0.25) is 0 Å². The van der Waals surface area contributed by atoms with Gasteiger partial charge in [0.05, 0.1) is 17.0 Å². The molecule has 0 bridgehead atoms. The molecule has 4 aromatic rings. The van der Waals surface area contributed by atoms with E-state index in [0.717, 1.165) is 22.0 Å². The summed E-state index contributed by atoms with van der Waals surface area (Å²) in [4.78, 5) is 29.6. The molecule has 0 atom stereocenters. The molecule has 0 aliphatic carbocycles. The molecule has 0 spiro atoms. The Balaban J connectivity index is 1.36. The Morgan fingerprint density at radius 2 is 2.04 bits per heavy atom. The lowest BCUT2D eigenvalue weighted by molar-refractivity contribution is 0.0953. The molecule has 130 valence electrons. The van der Waals surface area contributed by atoms with Crippen molar-refractivity contribution in [3.63, 3.8) is 0 Å². The summed E-state index contributed by atoms with van der Waals surface area (Å²) in [6.07, 6.45) is 7.73. The fraction of sp³-hybridized carbons (Fsp3) is 0.167. The molecule has 7 nitrogen and oxygen atoms in total. The number of nitrogens with one attached hydrogen (secondary N) is 1. The van der Waals surface area contributed by atoms with Crippen molar-refractivity contribution in [3.05, 3.63) is 65.3 Å². The molecular formula is C18H16N6OS. The third-order valence-electron chi connectivity index (χ3n) is 3.81. The van der Waals surface area contributed by atoms with Crippen molar-refractivity contribution < 1.29 is 4.79 Å². The predicted molar refractivity (Wildman–Crippen MR) is 99.1 cm³/mol. The van der Waals surface area contributed by atoms with Gasteiger partial charge < -0.3 is 9.72 Å². The first-order chi connectivity index (χ1) is 12.7. The van der Waals surface area contributed by atoms with Gasteiger partial charge in [-0.1, -0.05) is 0 Å². The molecule has 8 heteroatoms. The summed E-state index contributed by atoms with van der Waals surface area (Å²) in [7, 11) is 0. The molecule has 0 aliphatic heterocycles. The van der Waals surface area contributed by atoms with Gasteiger partial charge in [-0.3, -0.25) is 4.79 Å². The lowest BCUT2D eigenvalue weighted by Crippen LogP contribution is -2.26.